The van der Waals surface area contributed by atoms with Gasteiger partial charge in [-0.05, 0) is 111 Å². The van der Waals surface area contributed by atoms with Gasteiger partial charge in [-0.2, -0.15) is 0 Å². The molecule has 1 N–H and O–H groups in total. The molecule has 0 bridgehead atoms. The first kappa shape index (κ1) is 27.6. The van der Waals surface area contributed by atoms with Gasteiger partial charge in [-0.15, -0.1) is 0 Å². The summed E-state index contributed by atoms with van der Waals surface area (Å²) in [5, 5.41) is 9.95. The second-order valence-corrected chi connectivity index (χ2v) is 11.1. The third-order valence-corrected chi connectivity index (χ3v) is 8.76. The van der Waals surface area contributed by atoms with E-state index in [1.165, 1.54) is 42.6 Å². The van der Waals surface area contributed by atoms with Gasteiger partial charge in [0.1, 0.15) is 18.1 Å². The number of fused-ring (bicyclic) bond motifs is 1. The standard InChI is InChI=1S/C33H44N2O4/c1-4-35(23-24-7-13-29(14-8-24)39-18-17-34-15-5-6-16-34)31-22-33(38-3)32(37-2)21-30(31)27-10-9-26-20-28(36)12-11-25(26)19-27/h7-8,11-14,20-22,27,30-31,36H,4-6,9-10,15-19,23H2,1-3H3/t27-,30?,31?/m1/s1. The van der Waals surface area contributed by atoms with Gasteiger partial charge in [0, 0.05) is 25.0 Å². The zero-order valence-electron chi connectivity index (χ0n) is 23.8. The summed E-state index contributed by atoms with van der Waals surface area (Å²) in [6.07, 6.45) is 10.2. The molecule has 3 aliphatic rings. The maximum Gasteiger partial charge on any atom is 0.158 e. The minimum atomic E-state index is 0.198. The first-order valence-electron chi connectivity index (χ1n) is 14.6. The molecule has 3 atom stereocenters. The molecule has 39 heavy (non-hydrogen) atoms. The minimum Gasteiger partial charge on any atom is -0.508 e. The maximum atomic E-state index is 9.95. The summed E-state index contributed by atoms with van der Waals surface area (Å²) in [4.78, 5) is 5.02. The van der Waals surface area contributed by atoms with Crippen LogP contribution < -0.4 is 4.74 Å². The highest BCUT2D eigenvalue weighted by atomic mass is 16.5. The van der Waals surface area contributed by atoms with Crippen molar-refractivity contribution in [3.05, 3.63) is 82.8 Å². The molecule has 2 aliphatic carbocycles. The molecule has 1 aliphatic heterocycles. The molecule has 0 saturated carbocycles. The van der Waals surface area contributed by atoms with Gasteiger partial charge in [-0.3, -0.25) is 9.80 Å². The number of nitrogens with zero attached hydrogens (tertiary/aromatic N) is 2. The van der Waals surface area contributed by atoms with Crippen molar-refractivity contribution in [3.63, 3.8) is 0 Å². The Morgan fingerprint density at radius 2 is 1.69 bits per heavy atom. The molecule has 2 aromatic rings. The highest BCUT2D eigenvalue weighted by Gasteiger charge is 2.37. The average Bonchev–Trinajstić information content (AvgIpc) is 3.49. The van der Waals surface area contributed by atoms with Crippen molar-refractivity contribution >= 4 is 0 Å². The normalized spacial score (nSPS) is 23.2. The number of benzene rings is 2. The van der Waals surface area contributed by atoms with Crippen molar-refractivity contribution in [1.29, 1.82) is 0 Å². The largest absolute Gasteiger partial charge is 0.508 e. The van der Waals surface area contributed by atoms with Crippen LogP contribution in [0.3, 0.4) is 0 Å². The van der Waals surface area contributed by atoms with Crippen molar-refractivity contribution in [2.24, 2.45) is 11.8 Å². The Hall–Kier alpha value is -2.96. The highest BCUT2D eigenvalue weighted by molar-refractivity contribution is 5.38. The summed E-state index contributed by atoms with van der Waals surface area (Å²) >= 11 is 0. The Kier molecular flexibility index (Phi) is 9.15. The van der Waals surface area contributed by atoms with Gasteiger partial charge in [0.25, 0.3) is 0 Å². The lowest BCUT2D eigenvalue weighted by atomic mass is 9.72. The fraction of sp³-hybridized carbons (Fsp3) is 0.515. The van der Waals surface area contributed by atoms with Crippen LogP contribution in [0.4, 0.5) is 0 Å². The summed E-state index contributed by atoms with van der Waals surface area (Å²) in [5.74, 6) is 3.71. The summed E-state index contributed by atoms with van der Waals surface area (Å²) < 4.78 is 17.6. The Balaban J connectivity index is 1.29. The second-order valence-electron chi connectivity index (χ2n) is 11.1. The van der Waals surface area contributed by atoms with Crippen LogP contribution in [0.1, 0.15) is 42.9 Å². The van der Waals surface area contributed by atoms with E-state index in [4.69, 9.17) is 14.2 Å². The molecule has 0 amide bonds. The number of ether oxygens (including phenoxy) is 3. The topological polar surface area (TPSA) is 54.4 Å². The van der Waals surface area contributed by atoms with E-state index >= 15 is 0 Å². The number of methoxy groups -OCH3 is 2. The summed E-state index contributed by atoms with van der Waals surface area (Å²) in [6, 6.07) is 14.7. The molecule has 6 heteroatoms. The van der Waals surface area contributed by atoms with Gasteiger partial charge in [-0.1, -0.05) is 25.1 Å². The first-order valence-corrected chi connectivity index (χ1v) is 14.6. The monoisotopic (exact) mass is 532 g/mol. The Labute approximate surface area is 233 Å². The Bertz CT molecular complexity index is 1150. The number of phenolic OH excluding ortho intramolecular Hbond substituents is 1. The van der Waals surface area contributed by atoms with Gasteiger partial charge in [-0.25, -0.2) is 0 Å². The van der Waals surface area contributed by atoms with Gasteiger partial charge < -0.3 is 19.3 Å². The molecule has 1 saturated heterocycles. The highest BCUT2D eigenvalue weighted by Crippen LogP contribution is 2.39. The molecule has 0 radical (unpaired) electrons. The second kappa shape index (κ2) is 12.9. The zero-order chi connectivity index (χ0) is 27.2. The Morgan fingerprint density at radius 3 is 2.41 bits per heavy atom. The van der Waals surface area contributed by atoms with E-state index in [9.17, 15) is 5.11 Å². The van der Waals surface area contributed by atoms with E-state index in [1.807, 2.05) is 12.1 Å². The number of rotatable bonds is 11. The third kappa shape index (κ3) is 6.62. The number of likely N-dealkylation sites (tertiary alicyclic amines) is 1. The fourth-order valence-corrected chi connectivity index (χ4v) is 6.56. The molecule has 6 nitrogen and oxygen atoms in total. The molecular weight excluding hydrogens is 488 g/mol. The van der Waals surface area contributed by atoms with Crippen molar-refractivity contribution in [2.45, 2.75) is 51.6 Å². The van der Waals surface area contributed by atoms with E-state index in [1.54, 1.807) is 14.2 Å². The maximum absolute atomic E-state index is 9.95. The van der Waals surface area contributed by atoms with Gasteiger partial charge in [0.2, 0.25) is 0 Å². The molecule has 0 spiro atoms. The zero-order valence-corrected chi connectivity index (χ0v) is 23.8. The summed E-state index contributed by atoms with van der Waals surface area (Å²) in [7, 11) is 3.44. The number of likely N-dealkylation sites (N-methyl/N-ethyl adjacent to an activating group) is 1. The molecular formula is C33H44N2O4. The average molecular weight is 533 g/mol. The van der Waals surface area contributed by atoms with Crippen LogP contribution in [0, 0.1) is 11.8 Å². The molecule has 2 aromatic carbocycles. The minimum absolute atomic E-state index is 0.198. The number of hydrogen-bond donors (Lipinski definition) is 1. The summed E-state index contributed by atoms with van der Waals surface area (Å²) in [5.41, 5.74) is 3.90. The van der Waals surface area contributed by atoms with Crippen LogP contribution in [0.5, 0.6) is 11.5 Å². The molecule has 1 heterocycles. The fourth-order valence-electron chi connectivity index (χ4n) is 6.56. The van der Waals surface area contributed by atoms with Crippen LogP contribution in [0.2, 0.25) is 0 Å². The Morgan fingerprint density at radius 1 is 0.949 bits per heavy atom. The van der Waals surface area contributed by atoms with Crippen LogP contribution in [-0.2, 0) is 28.9 Å². The predicted molar refractivity (Wildman–Crippen MR) is 155 cm³/mol. The molecule has 2 unspecified atom stereocenters. The summed E-state index contributed by atoms with van der Waals surface area (Å²) in [6.45, 7) is 8.17. The van der Waals surface area contributed by atoms with Crippen molar-refractivity contribution in [1.82, 2.24) is 9.80 Å². The van der Waals surface area contributed by atoms with E-state index in [-0.39, 0.29) is 6.04 Å². The lowest BCUT2D eigenvalue weighted by molar-refractivity contribution is 0.132. The van der Waals surface area contributed by atoms with E-state index in [2.05, 4.69) is 59.2 Å². The van der Waals surface area contributed by atoms with Crippen LogP contribution in [0.15, 0.2) is 66.1 Å². The number of aromatic hydroxyl groups is 1. The third-order valence-electron chi connectivity index (χ3n) is 8.76. The van der Waals surface area contributed by atoms with Gasteiger partial charge in [0.05, 0.1) is 14.2 Å². The van der Waals surface area contributed by atoms with Crippen LogP contribution >= 0.6 is 0 Å². The molecule has 5 rings (SSSR count). The van der Waals surface area contributed by atoms with E-state index in [0.717, 1.165) is 62.8 Å². The molecule has 210 valence electrons. The number of hydrogen-bond acceptors (Lipinski definition) is 6. The quantitative estimate of drug-likeness (QED) is 0.409. The van der Waals surface area contributed by atoms with Crippen molar-refractivity contribution < 1.29 is 19.3 Å². The van der Waals surface area contributed by atoms with Crippen LogP contribution in [-0.4, -0.2) is 68.0 Å². The first-order chi connectivity index (χ1) is 19.1. The van der Waals surface area contributed by atoms with Crippen molar-refractivity contribution in [3.8, 4) is 11.5 Å². The van der Waals surface area contributed by atoms with E-state index in [0.29, 0.717) is 17.6 Å². The van der Waals surface area contributed by atoms with Crippen molar-refractivity contribution in [2.75, 3.05) is 47.0 Å². The SMILES string of the molecule is CCN(Cc1ccc(OCCN2CCCC2)cc1)C1C=C(OC)C(OC)=CC1[C@@H]1CCc2cc(O)ccc2C1. The lowest BCUT2D eigenvalue weighted by Gasteiger charge is -2.41. The van der Waals surface area contributed by atoms with Crippen LogP contribution in [0.25, 0.3) is 0 Å². The molecule has 1 fully saturated rings. The number of phenols is 1. The number of aryl methyl sites for hydroxylation is 1. The smallest absolute Gasteiger partial charge is 0.158 e. The predicted octanol–water partition coefficient (Wildman–Crippen LogP) is 5.55. The van der Waals surface area contributed by atoms with E-state index < -0.39 is 0 Å². The lowest BCUT2D eigenvalue weighted by Crippen LogP contribution is -2.44. The van der Waals surface area contributed by atoms with Gasteiger partial charge in [0.15, 0.2) is 11.5 Å². The van der Waals surface area contributed by atoms with Gasteiger partial charge >= 0.3 is 0 Å². The molecule has 0 aromatic heterocycles.